The smallest absolute Gasteiger partial charge is 0.263 e. The number of hydrogen-bond acceptors (Lipinski definition) is 7. The Kier molecular flexibility index (Phi) is 4.05. The van der Waals surface area contributed by atoms with E-state index < -0.39 is 0 Å². The minimum Gasteiger partial charge on any atom is -0.455 e. The summed E-state index contributed by atoms with van der Waals surface area (Å²) in [5.74, 6) is 0.744. The van der Waals surface area contributed by atoms with E-state index in [0.717, 1.165) is 44.7 Å². The maximum Gasteiger partial charge on any atom is 0.263 e. The SMILES string of the molecule is O=C1c2cnc(Nc3ccc(N4CCNCC4)cc3)nc2OCN1C1CC1. The predicted octanol–water partition coefficient (Wildman–Crippen LogP) is 1.58. The second kappa shape index (κ2) is 6.70. The fourth-order valence-electron chi connectivity index (χ4n) is 3.49. The highest BCUT2D eigenvalue weighted by Gasteiger charge is 2.37. The number of ether oxygens (including phenoxy) is 1. The van der Waals surface area contributed by atoms with Crippen LogP contribution in [0.3, 0.4) is 0 Å². The lowest BCUT2D eigenvalue weighted by atomic mass is 10.2. The highest BCUT2D eigenvalue weighted by molar-refractivity contribution is 5.97. The van der Waals surface area contributed by atoms with E-state index in [2.05, 4.69) is 37.6 Å². The van der Waals surface area contributed by atoms with Crippen LogP contribution in [0.1, 0.15) is 23.2 Å². The number of amides is 1. The van der Waals surface area contributed by atoms with E-state index >= 15 is 0 Å². The number of fused-ring (bicyclic) bond motifs is 1. The first-order chi connectivity index (χ1) is 13.3. The number of piperazine rings is 1. The van der Waals surface area contributed by atoms with Crippen molar-refractivity contribution in [3.63, 3.8) is 0 Å². The second-order valence-corrected chi connectivity index (χ2v) is 7.10. The molecule has 8 nitrogen and oxygen atoms in total. The van der Waals surface area contributed by atoms with Crippen LogP contribution in [-0.2, 0) is 0 Å². The highest BCUT2D eigenvalue weighted by Crippen LogP contribution is 2.33. The highest BCUT2D eigenvalue weighted by atomic mass is 16.5. The Balaban J connectivity index is 1.29. The molecule has 2 aromatic rings. The molecule has 1 amide bonds. The van der Waals surface area contributed by atoms with Crippen LogP contribution >= 0.6 is 0 Å². The van der Waals surface area contributed by atoms with Crippen molar-refractivity contribution in [2.24, 2.45) is 0 Å². The molecule has 3 heterocycles. The maximum absolute atomic E-state index is 12.5. The Bertz CT molecular complexity index is 846. The molecule has 0 bridgehead atoms. The van der Waals surface area contributed by atoms with Crippen LogP contribution in [-0.4, -0.2) is 59.7 Å². The van der Waals surface area contributed by atoms with Crippen LogP contribution in [0.2, 0.25) is 0 Å². The largest absolute Gasteiger partial charge is 0.455 e. The number of carbonyl (C=O) groups is 1. The van der Waals surface area contributed by atoms with Crippen molar-refractivity contribution in [3.05, 3.63) is 36.0 Å². The molecule has 1 saturated heterocycles. The van der Waals surface area contributed by atoms with E-state index in [1.165, 1.54) is 5.69 Å². The van der Waals surface area contributed by atoms with Crippen molar-refractivity contribution in [2.45, 2.75) is 18.9 Å². The van der Waals surface area contributed by atoms with Crippen LogP contribution in [0.4, 0.5) is 17.3 Å². The van der Waals surface area contributed by atoms with Crippen molar-refractivity contribution in [1.82, 2.24) is 20.2 Å². The fourth-order valence-corrected chi connectivity index (χ4v) is 3.49. The molecule has 0 radical (unpaired) electrons. The lowest BCUT2D eigenvalue weighted by Crippen LogP contribution is -2.43. The van der Waals surface area contributed by atoms with Crippen molar-refractivity contribution in [1.29, 1.82) is 0 Å². The summed E-state index contributed by atoms with van der Waals surface area (Å²) in [5.41, 5.74) is 2.55. The molecule has 0 spiro atoms. The summed E-state index contributed by atoms with van der Waals surface area (Å²) in [7, 11) is 0. The molecule has 3 aliphatic rings. The Morgan fingerprint density at radius 2 is 1.93 bits per heavy atom. The monoisotopic (exact) mass is 366 g/mol. The van der Waals surface area contributed by atoms with E-state index in [-0.39, 0.29) is 12.6 Å². The zero-order chi connectivity index (χ0) is 18.2. The standard InChI is InChI=1S/C19H22N6O2/c26-18-16-11-21-19(23-17(16)27-12-25(18)15-5-6-15)22-13-1-3-14(4-2-13)24-9-7-20-8-10-24/h1-4,11,15,20H,5-10,12H2,(H,21,22,23). The molecule has 140 valence electrons. The third-order valence-corrected chi connectivity index (χ3v) is 5.18. The number of rotatable bonds is 4. The molecule has 27 heavy (non-hydrogen) atoms. The van der Waals surface area contributed by atoms with Gasteiger partial charge in [0.05, 0.1) is 0 Å². The number of aromatic nitrogens is 2. The summed E-state index contributed by atoms with van der Waals surface area (Å²) in [6.45, 7) is 4.33. The maximum atomic E-state index is 12.5. The first-order valence-corrected chi connectivity index (χ1v) is 9.41. The molecule has 1 aromatic carbocycles. The molecule has 2 N–H and O–H groups in total. The lowest BCUT2D eigenvalue weighted by Gasteiger charge is -2.29. The number of hydrogen-bond donors (Lipinski definition) is 2. The van der Waals surface area contributed by atoms with Gasteiger partial charge in [0.2, 0.25) is 11.8 Å². The van der Waals surface area contributed by atoms with Crippen LogP contribution < -0.4 is 20.3 Å². The quantitative estimate of drug-likeness (QED) is 0.850. The summed E-state index contributed by atoms with van der Waals surface area (Å²) >= 11 is 0. The molecule has 0 unspecified atom stereocenters. The summed E-state index contributed by atoms with van der Waals surface area (Å²) in [6.07, 6.45) is 3.65. The van der Waals surface area contributed by atoms with Gasteiger partial charge in [-0.15, -0.1) is 0 Å². The molecule has 2 fully saturated rings. The van der Waals surface area contributed by atoms with Gasteiger partial charge in [-0.1, -0.05) is 0 Å². The van der Waals surface area contributed by atoms with Crippen LogP contribution in [0.25, 0.3) is 0 Å². The number of anilines is 3. The van der Waals surface area contributed by atoms with Gasteiger partial charge in [0.1, 0.15) is 5.56 Å². The number of benzene rings is 1. The van der Waals surface area contributed by atoms with E-state index in [4.69, 9.17) is 4.74 Å². The van der Waals surface area contributed by atoms with Gasteiger partial charge in [-0.25, -0.2) is 4.98 Å². The van der Waals surface area contributed by atoms with Gasteiger partial charge in [-0.2, -0.15) is 4.98 Å². The van der Waals surface area contributed by atoms with Crippen LogP contribution in [0.15, 0.2) is 30.5 Å². The number of carbonyl (C=O) groups excluding carboxylic acids is 1. The molecular formula is C19H22N6O2. The second-order valence-electron chi connectivity index (χ2n) is 7.10. The molecule has 2 aliphatic heterocycles. The summed E-state index contributed by atoms with van der Waals surface area (Å²) in [4.78, 5) is 25.3. The topological polar surface area (TPSA) is 82.6 Å². The van der Waals surface area contributed by atoms with Gasteiger partial charge < -0.3 is 25.2 Å². The number of nitrogens with one attached hydrogen (secondary N) is 2. The van der Waals surface area contributed by atoms with Crippen molar-refractivity contribution < 1.29 is 9.53 Å². The van der Waals surface area contributed by atoms with Gasteiger partial charge in [0, 0.05) is 49.8 Å². The van der Waals surface area contributed by atoms with E-state index in [1.807, 2.05) is 12.1 Å². The zero-order valence-electron chi connectivity index (χ0n) is 15.0. The predicted molar refractivity (Wildman–Crippen MR) is 102 cm³/mol. The number of nitrogens with zero attached hydrogens (tertiary/aromatic N) is 4. The van der Waals surface area contributed by atoms with Crippen molar-refractivity contribution in [2.75, 3.05) is 43.1 Å². The minimum atomic E-state index is -0.0364. The van der Waals surface area contributed by atoms with E-state index in [0.29, 0.717) is 23.4 Å². The first kappa shape index (κ1) is 16.3. The molecule has 0 atom stereocenters. The van der Waals surface area contributed by atoms with Crippen LogP contribution in [0, 0.1) is 0 Å². The fraction of sp³-hybridized carbons (Fsp3) is 0.421. The van der Waals surface area contributed by atoms with Gasteiger partial charge in [-0.05, 0) is 37.1 Å². The van der Waals surface area contributed by atoms with Crippen LogP contribution in [0.5, 0.6) is 5.88 Å². The van der Waals surface area contributed by atoms with E-state index in [1.54, 1.807) is 11.1 Å². The van der Waals surface area contributed by atoms with Gasteiger partial charge in [0.15, 0.2) is 6.73 Å². The van der Waals surface area contributed by atoms with E-state index in [9.17, 15) is 4.79 Å². The summed E-state index contributed by atoms with van der Waals surface area (Å²) in [6, 6.07) is 8.54. The molecule has 5 rings (SSSR count). The molecular weight excluding hydrogens is 344 g/mol. The Morgan fingerprint density at radius 3 is 2.67 bits per heavy atom. The molecule has 1 aromatic heterocycles. The average molecular weight is 366 g/mol. The first-order valence-electron chi connectivity index (χ1n) is 9.41. The Labute approximate surface area is 157 Å². The third kappa shape index (κ3) is 3.28. The Hall–Kier alpha value is -2.87. The van der Waals surface area contributed by atoms with Crippen molar-refractivity contribution in [3.8, 4) is 5.88 Å². The minimum absolute atomic E-state index is 0.0364. The lowest BCUT2D eigenvalue weighted by molar-refractivity contribution is 0.0484. The van der Waals surface area contributed by atoms with Gasteiger partial charge in [-0.3, -0.25) is 4.79 Å². The summed E-state index contributed by atoms with van der Waals surface area (Å²) in [5, 5.41) is 6.55. The molecule has 1 aliphatic carbocycles. The van der Waals surface area contributed by atoms with Crippen molar-refractivity contribution >= 4 is 23.2 Å². The third-order valence-electron chi connectivity index (χ3n) is 5.18. The molecule has 1 saturated carbocycles. The average Bonchev–Trinajstić information content (AvgIpc) is 3.55. The van der Waals surface area contributed by atoms with Gasteiger partial charge >= 0.3 is 0 Å². The normalized spacial score (nSPS) is 19.5. The van der Waals surface area contributed by atoms with Gasteiger partial charge in [0.25, 0.3) is 5.91 Å². The zero-order valence-corrected chi connectivity index (χ0v) is 15.0. The summed E-state index contributed by atoms with van der Waals surface area (Å²) < 4.78 is 5.69. The Morgan fingerprint density at radius 1 is 1.15 bits per heavy atom. The molecule has 8 heteroatoms.